The standard InChI is InChI=1S/C6H6N2OS/c9-6-1-3-7-5-2-4-10-8(5)6/h1,3H,2,4H2. The number of aromatic nitrogens is 2. The summed E-state index contributed by atoms with van der Waals surface area (Å²) in [6.07, 6.45) is 2.49. The van der Waals surface area contributed by atoms with Crippen molar-refractivity contribution in [2.24, 2.45) is 0 Å². The van der Waals surface area contributed by atoms with E-state index in [0.717, 1.165) is 18.0 Å². The zero-order chi connectivity index (χ0) is 6.97. The van der Waals surface area contributed by atoms with Crippen molar-refractivity contribution in [3.63, 3.8) is 0 Å². The Bertz CT molecular complexity index is 307. The van der Waals surface area contributed by atoms with Gasteiger partial charge in [-0.3, -0.25) is 4.79 Å². The molecule has 52 valence electrons. The molecule has 2 rings (SSSR count). The third kappa shape index (κ3) is 0.759. The van der Waals surface area contributed by atoms with Gasteiger partial charge in [0.05, 0.1) is 0 Å². The second kappa shape index (κ2) is 2.12. The Morgan fingerprint density at radius 2 is 2.60 bits per heavy atom. The van der Waals surface area contributed by atoms with Crippen LogP contribution in [0.4, 0.5) is 0 Å². The predicted molar refractivity (Wildman–Crippen MR) is 40.1 cm³/mol. The summed E-state index contributed by atoms with van der Waals surface area (Å²) < 4.78 is 1.65. The monoisotopic (exact) mass is 154 g/mol. The van der Waals surface area contributed by atoms with Crippen LogP contribution in [0.2, 0.25) is 0 Å². The lowest BCUT2D eigenvalue weighted by Crippen LogP contribution is -2.14. The molecule has 1 aliphatic rings. The van der Waals surface area contributed by atoms with Crippen LogP contribution in [0.1, 0.15) is 5.82 Å². The Hall–Kier alpha value is -0.770. The fourth-order valence-electron chi connectivity index (χ4n) is 0.967. The third-order valence-corrected chi connectivity index (χ3v) is 2.46. The van der Waals surface area contributed by atoms with E-state index in [2.05, 4.69) is 4.98 Å². The highest BCUT2D eigenvalue weighted by Crippen LogP contribution is 2.14. The highest BCUT2D eigenvalue weighted by molar-refractivity contribution is 7.98. The summed E-state index contributed by atoms with van der Waals surface area (Å²) in [7, 11) is 0. The average Bonchev–Trinajstić information content (AvgIpc) is 2.36. The molecule has 2 heterocycles. The van der Waals surface area contributed by atoms with Crippen LogP contribution in [0, 0.1) is 0 Å². The smallest absolute Gasteiger partial charge is 0.263 e. The van der Waals surface area contributed by atoms with Crippen LogP contribution < -0.4 is 5.56 Å². The Labute approximate surface area is 62.2 Å². The van der Waals surface area contributed by atoms with Gasteiger partial charge in [0, 0.05) is 24.4 Å². The molecule has 10 heavy (non-hydrogen) atoms. The summed E-state index contributed by atoms with van der Waals surface area (Å²) in [6.45, 7) is 0. The molecule has 4 heteroatoms. The molecule has 1 aromatic heterocycles. The number of hydrogen-bond donors (Lipinski definition) is 0. The molecular formula is C6H6N2OS. The van der Waals surface area contributed by atoms with Crippen LogP contribution in [-0.4, -0.2) is 14.7 Å². The molecule has 0 aliphatic carbocycles. The van der Waals surface area contributed by atoms with Gasteiger partial charge in [-0.15, -0.1) is 0 Å². The Kier molecular flexibility index (Phi) is 1.27. The van der Waals surface area contributed by atoms with Gasteiger partial charge in [-0.2, -0.15) is 0 Å². The van der Waals surface area contributed by atoms with Gasteiger partial charge in [-0.05, 0) is 11.9 Å². The first-order valence-corrected chi connectivity index (χ1v) is 4.02. The van der Waals surface area contributed by atoms with Crippen molar-refractivity contribution in [2.45, 2.75) is 6.42 Å². The minimum Gasteiger partial charge on any atom is -0.268 e. The second-order valence-corrected chi connectivity index (χ2v) is 3.11. The molecule has 0 bridgehead atoms. The Balaban J connectivity index is 2.70. The van der Waals surface area contributed by atoms with Crippen LogP contribution in [0.15, 0.2) is 17.1 Å². The van der Waals surface area contributed by atoms with E-state index in [0.29, 0.717) is 0 Å². The summed E-state index contributed by atoms with van der Waals surface area (Å²) in [5, 5.41) is 0. The van der Waals surface area contributed by atoms with Gasteiger partial charge < -0.3 is 0 Å². The van der Waals surface area contributed by atoms with E-state index in [9.17, 15) is 4.79 Å². The van der Waals surface area contributed by atoms with Gasteiger partial charge in [0.2, 0.25) is 0 Å². The van der Waals surface area contributed by atoms with Crippen LogP contribution in [0.3, 0.4) is 0 Å². The van der Waals surface area contributed by atoms with Gasteiger partial charge in [0.15, 0.2) is 0 Å². The van der Waals surface area contributed by atoms with E-state index in [-0.39, 0.29) is 5.56 Å². The molecule has 3 nitrogen and oxygen atoms in total. The topological polar surface area (TPSA) is 34.9 Å². The van der Waals surface area contributed by atoms with Crippen molar-refractivity contribution in [1.29, 1.82) is 0 Å². The minimum absolute atomic E-state index is 0.0486. The molecule has 0 N–H and O–H groups in total. The highest BCUT2D eigenvalue weighted by atomic mass is 32.2. The van der Waals surface area contributed by atoms with Crippen molar-refractivity contribution in [3.8, 4) is 0 Å². The van der Waals surface area contributed by atoms with E-state index < -0.39 is 0 Å². The normalized spacial score (nSPS) is 15.2. The van der Waals surface area contributed by atoms with Crippen molar-refractivity contribution < 1.29 is 0 Å². The minimum atomic E-state index is 0.0486. The fourth-order valence-corrected chi connectivity index (χ4v) is 1.90. The lowest BCUT2D eigenvalue weighted by atomic mass is 10.4. The number of aryl methyl sites for hydroxylation is 1. The molecule has 0 unspecified atom stereocenters. The van der Waals surface area contributed by atoms with E-state index >= 15 is 0 Å². The Morgan fingerprint density at radius 1 is 1.70 bits per heavy atom. The predicted octanol–water partition coefficient (Wildman–Crippen LogP) is 0.296. The van der Waals surface area contributed by atoms with Crippen LogP contribution in [0.5, 0.6) is 0 Å². The number of rotatable bonds is 0. The summed E-state index contributed by atoms with van der Waals surface area (Å²) in [6, 6.07) is 1.49. The van der Waals surface area contributed by atoms with Gasteiger partial charge in [0.1, 0.15) is 5.82 Å². The van der Waals surface area contributed by atoms with Gasteiger partial charge in [0.25, 0.3) is 5.56 Å². The average molecular weight is 154 g/mol. The molecule has 0 aromatic carbocycles. The van der Waals surface area contributed by atoms with Crippen molar-refractivity contribution in [1.82, 2.24) is 8.96 Å². The fraction of sp³-hybridized carbons (Fsp3) is 0.333. The van der Waals surface area contributed by atoms with Crippen LogP contribution in [-0.2, 0) is 6.42 Å². The van der Waals surface area contributed by atoms with E-state index in [4.69, 9.17) is 0 Å². The van der Waals surface area contributed by atoms with Crippen molar-refractivity contribution >= 4 is 11.9 Å². The number of fused-ring (bicyclic) bond motifs is 1. The Morgan fingerprint density at radius 3 is 3.40 bits per heavy atom. The lowest BCUT2D eigenvalue weighted by molar-refractivity contribution is 0.930. The first kappa shape index (κ1) is 5.97. The van der Waals surface area contributed by atoms with E-state index in [1.807, 2.05) is 0 Å². The molecule has 1 aliphatic heterocycles. The largest absolute Gasteiger partial charge is 0.268 e. The quantitative estimate of drug-likeness (QED) is 0.539. The van der Waals surface area contributed by atoms with Crippen molar-refractivity contribution in [3.05, 3.63) is 28.4 Å². The van der Waals surface area contributed by atoms with E-state index in [1.54, 1.807) is 10.2 Å². The van der Waals surface area contributed by atoms with E-state index in [1.165, 1.54) is 18.0 Å². The maximum absolute atomic E-state index is 11.0. The first-order valence-electron chi connectivity index (χ1n) is 3.08. The lowest BCUT2D eigenvalue weighted by Gasteiger charge is -1.95. The second-order valence-electron chi connectivity index (χ2n) is 2.08. The van der Waals surface area contributed by atoms with Gasteiger partial charge in [-0.25, -0.2) is 8.96 Å². The summed E-state index contributed by atoms with van der Waals surface area (Å²) in [5.41, 5.74) is 0.0486. The molecule has 0 radical (unpaired) electrons. The summed E-state index contributed by atoms with van der Waals surface area (Å²) in [5.74, 6) is 1.88. The third-order valence-electron chi connectivity index (χ3n) is 1.42. The number of hydrogen-bond acceptors (Lipinski definition) is 3. The molecule has 0 spiro atoms. The van der Waals surface area contributed by atoms with Crippen LogP contribution in [0.25, 0.3) is 0 Å². The maximum Gasteiger partial charge on any atom is 0.263 e. The molecule has 0 saturated heterocycles. The van der Waals surface area contributed by atoms with Crippen molar-refractivity contribution in [2.75, 3.05) is 5.75 Å². The zero-order valence-electron chi connectivity index (χ0n) is 5.28. The molecule has 0 amide bonds. The van der Waals surface area contributed by atoms with Gasteiger partial charge >= 0.3 is 0 Å². The summed E-state index contributed by atoms with van der Waals surface area (Å²) >= 11 is 1.54. The first-order chi connectivity index (χ1) is 4.88. The summed E-state index contributed by atoms with van der Waals surface area (Å²) in [4.78, 5) is 15.1. The number of nitrogens with zero attached hydrogens (tertiary/aromatic N) is 2. The SMILES string of the molecule is O=c1ccnc2n1SCC2. The molecule has 1 aromatic rings. The zero-order valence-corrected chi connectivity index (χ0v) is 6.10. The molecule has 0 fully saturated rings. The molecule has 0 atom stereocenters. The molecular weight excluding hydrogens is 148 g/mol. The van der Waals surface area contributed by atoms with Gasteiger partial charge in [-0.1, -0.05) is 0 Å². The molecule has 0 saturated carbocycles. The van der Waals surface area contributed by atoms with Crippen LogP contribution >= 0.6 is 11.9 Å². The maximum atomic E-state index is 11.0. The highest BCUT2D eigenvalue weighted by Gasteiger charge is 2.11.